The molecule has 1 heterocycles. The molecular weight excluding hydrogens is 400 g/mol. The van der Waals surface area contributed by atoms with Crippen molar-refractivity contribution in [2.75, 3.05) is 17.2 Å². The molecule has 0 bridgehead atoms. The van der Waals surface area contributed by atoms with E-state index in [2.05, 4.69) is 42.7 Å². The Kier molecular flexibility index (Phi) is 7.67. The van der Waals surface area contributed by atoms with Gasteiger partial charge in [-0.25, -0.2) is 4.79 Å². The second-order valence-electron chi connectivity index (χ2n) is 7.23. The fourth-order valence-corrected chi connectivity index (χ4v) is 5.45. The van der Waals surface area contributed by atoms with Crippen molar-refractivity contribution in [2.45, 2.75) is 65.7 Å². The lowest BCUT2D eigenvalue weighted by molar-refractivity contribution is 0.0527. The van der Waals surface area contributed by atoms with Gasteiger partial charge in [-0.05, 0) is 74.4 Å². The normalized spacial score (nSPS) is 13.3. The monoisotopic (exact) mass is 430 g/mol. The summed E-state index contributed by atoms with van der Waals surface area (Å²) >= 11 is 7.29. The fourth-order valence-electron chi connectivity index (χ4n) is 3.90. The molecule has 0 amide bonds. The van der Waals surface area contributed by atoms with Crippen LogP contribution in [-0.4, -0.2) is 17.7 Å². The molecule has 0 spiro atoms. The van der Waals surface area contributed by atoms with Crippen molar-refractivity contribution in [2.24, 2.45) is 0 Å². The summed E-state index contributed by atoms with van der Waals surface area (Å²) in [6.45, 7) is 6.50. The number of carbonyl (C=O) groups is 1. The molecule has 0 saturated carbocycles. The number of ether oxygens (including phenoxy) is 1. The van der Waals surface area contributed by atoms with Crippen LogP contribution < -0.4 is 10.6 Å². The molecule has 2 N–H and O–H groups in total. The molecule has 156 valence electrons. The average molecular weight is 431 g/mol. The van der Waals surface area contributed by atoms with Gasteiger partial charge in [0.25, 0.3) is 0 Å². The highest BCUT2D eigenvalue weighted by Gasteiger charge is 2.26. The van der Waals surface area contributed by atoms with E-state index in [1.54, 1.807) is 11.3 Å². The van der Waals surface area contributed by atoms with Gasteiger partial charge in [0.1, 0.15) is 5.00 Å². The van der Waals surface area contributed by atoms with Gasteiger partial charge in [0.15, 0.2) is 5.11 Å². The molecular formula is C23H30N2O2S2. The first-order valence-corrected chi connectivity index (χ1v) is 11.8. The van der Waals surface area contributed by atoms with Gasteiger partial charge in [0, 0.05) is 10.6 Å². The van der Waals surface area contributed by atoms with Gasteiger partial charge in [-0.1, -0.05) is 38.5 Å². The van der Waals surface area contributed by atoms with E-state index in [4.69, 9.17) is 17.0 Å². The highest BCUT2D eigenvalue weighted by Crippen LogP contribution is 2.38. The highest BCUT2D eigenvalue weighted by atomic mass is 32.1. The molecule has 0 atom stereocenters. The van der Waals surface area contributed by atoms with E-state index in [1.807, 2.05) is 6.92 Å². The van der Waals surface area contributed by atoms with Crippen LogP contribution in [-0.2, 0) is 30.4 Å². The summed E-state index contributed by atoms with van der Waals surface area (Å²) in [4.78, 5) is 14.0. The van der Waals surface area contributed by atoms with Gasteiger partial charge in [-0.3, -0.25) is 0 Å². The number of hydrogen-bond donors (Lipinski definition) is 2. The average Bonchev–Trinajstić information content (AvgIpc) is 2.88. The second-order valence-corrected chi connectivity index (χ2v) is 8.74. The number of fused-ring (bicyclic) bond motifs is 1. The van der Waals surface area contributed by atoms with E-state index in [-0.39, 0.29) is 5.97 Å². The molecule has 1 aromatic carbocycles. The first kappa shape index (κ1) is 21.8. The number of thiocarbonyl (C=S) groups is 1. The Balaban J connectivity index is 1.88. The van der Waals surface area contributed by atoms with E-state index in [0.717, 1.165) is 48.4 Å². The molecule has 0 radical (unpaired) electrons. The van der Waals surface area contributed by atoms with Crippen LogP contribution in [0.5, 0.6) is 0 Å². The Morgan fingerprint density at radius 3 is 2.41 bits per heavy atom. The van der Waals surface area contributed by atoms with Crippen molar-refractivity contribution in [3.8, 4) is 0 Å². The molecule has 0 unspecified atom stereocenters. The van der Waals surface area contributed by atoms with Gasteiger partial charge >= 0.3 is 5.97 Å². The zero-order valence-electron chi connectivity index (χ0n) is 17.5. The summed E-state index contributed by atoms with van der Waals surface area (Å²) in [7, 11) is 0. The molecule has 2 aromatic rings. The van der Waals surface area contributed by atoms with E-state index in [1.165, 1.54) is 28.8 Å². The van der Waals surface area contributed by atoms with Gasteiger partial charge in [-0.15, -0.1) is 11.3 Å². The number of esters is 1. The summed E-state index contributed by atoms with van der Waals surface area (Å²) in [5.41, 5.74) is 5.38. The minimum absolute atomic E-state index is 0.250. The van der Waals surface area contributed by atoms with Crippen molar-refractivity contribution in [1.29, 1.82) is 0 Å². The summed E-state index contributed by atoms with van der Waals surface area (Å²) in [6.07, 6.45) is 7.30. The maximum absolute atomic E-state index is 12.7. The molecule has 0 fully saturated rings. The van der Waals surface area contributed by atoms with Crippen LogP contribution in [0.1, 0.15) is 72.0 Å². The molecule has 29 heavy (non-hydrogen) atoms. The Morgan fingerprint density at radius 2 is 1.76 bits per heavy atom. The van der Waals surface area contributed by atoms with Crippen LogP contribution in [0, 0.1) is 0 Å². The molecule has 6 heteroatoms. The number of para-hydroxylation sites is 1. The first-order valence-electron chi connectivity index (χ1n) is 10.6. The van der Waals surface area contributed by atoms with Gasteiger partial charge in [0.05, 0.1) is 12.2 Å². The lowest BCUT2D eigenvalue weighted by atomic mass is 10.0. The number of nitrogens with one attached hydrogen (secondary N) is 2. The Labute approximate surface area is 183 Å². The van der Waals surface area contributed by atoms with Crippen LogP contribution in [0.2, 0.25) is 0 Å². The SMILES string of the molecule is CCOC(=O)c1c(NC(=S)Nc2c(CC)cccc2CC)sc2c1CCCCC2. The third kappa shape index (κ3) is 4.98. The zero-order valence-corrected chi connectivity index (χ0v) is 19.2. The third-order valence-electron chi connectivity index (χ3n) is 5.37. The third-order valence-corrected chi connectivity index (χ3v) is 6.78. The predicted octanol–water partition coefficient (Wildman–Crippen LogP) is 6.13. The van der Waals surface area contributed by atoms with E-state index >= 15 is 0 Å². The summed E-state index contributed by atoms with van der Waals surface area (Å²) in [6, 6.07) is 6.34. The Bertz CT molecular complexity index is 867. The molecule has 1 aromatic heterocycles. The zero-order chi connectivity index (χ0) is 20.8. The first-order chi connectivity index (χ1) is 14.1. The standard InChI is InChI=1S/C23H30N2O2S2/c1-4-15-11-10-12-16(5-2)20(15)24-23(28)25-21-19(22(26)27-6-3)17-13-8-7-9-14-18(17)29-21/h10-12H,4-9,13-14H2,1-3H3,(H2,24,25,28). The van der Waals surface area contributed by atoms with E-state index < -0.39 is 0 Å². The summed E-state index contributed by atoms with van der Waals surface area (Å²) < 4.78 is 5.37. The van der Waals surface area contributed by atoms with Gasteiger partial charge in [-0.2, -0.15) is 0 Å². The number of anilines is 2. The lowest BCUT2D eigenvalue weighted by Crippen LogP contribution is -2.22. The van der Waals surface area contributed by atoms with E-state index in [9.17, 15) is 4.79 Å². The van der Waals surface area contributed by atoms with Crippen molar-refractivity contribution in [3.05, 3.63) is 45.3 Å². The Hall–Kier alpha value is -1.92. The van der Waals surface area contributed by atoms with Crippen LogP contribution in [0.15, 0.2) is 18.2 Å². The number of benzene rings is 1. The minimum atomic E-state index is -0.250. The largest absolute Gasteiger partial charge is 0.462 e. The molecule has 3 rings (SSSR count). The summed E-state index contributed by atoms with van der Waals surface area (Å²) in [5, 5.41) is 8.03. The van der Waals surface area contributed by atoms with Crippen LogP contribution in [0.25, 0.3) is 0 Å². The second kappa shape index (κ2) is 10.2. The van der Waals surface area contributed by atoms with Crippen LogP contribution in [0.3, 0.4) is 0 Å². The van der Waals surface area contributed by atoms with E-state index in [0.29, 0.717) is 17.3 Å². The van der Waals surface area contributed by atoms with Crippen LogP contribution >= 0.6 is 23.6 Å². The maximum Gasteiger partial charge on any atom is 0.341 e. The number of aryl methyl sites for hydroxylation is 3. The molecule has 1 aliphatic rings. The van der Waals surface area contributed by atoms with Gasteiger partial charge < -0.3 is 15.4 Å². The lowest BCUT2D eigenvalue weighted by Gasteiger charge is -2.17. The summed E-state index contributed by atoms with van der Waals surface area (Å²) in [5.74, 6) is -0.250. The minimum Gasteiger partial charge on any atom is -0.462 e. The quantitative estimate of drug-likeness (QED) is 0.328. The van der Waals surface area contributed by atoms with Crippen molar-refractivity contribution in [1.82, 2.24) is 0 Å². The van der Waals surface area contributed by atoms with Crippen molar-refractivity contribution >= 4 is 45.3 Å². The molecule has 4 nitrogen and oxygen atoms in total. The number of carbonyl (C=O) groups excluding carboxylic acids is 1. The Morgan fingerprint density at radius 1 is 1.07 bits per heavy atom. The predicted molar refractivity (Wildman–Crippen MR) is 127 cm³/mol. The number of hydrogen-bond acceptors (Lipinski definition) is 4. The molecule has 1 aliphatic carbocycles. The number of thiophene rings is 1. The highest BCUT2D eigenvalue weighted by molar-refractivity contribution is 7.80. The smallest absolute Gasteiger partial charge is 0.341 e. The van der Waals surface area contributed by atoms with Crippen LogP contribution in [0.4, 0.5) is 10.7 Å². The fraction of sp³-hybridized carbons (Fsp3) is 0.478. The number of rotatable bonds is 6. The van der Waals surface area contributed by atoms with Crippen molar-refractivity contribution in [3.63, 3.8) is 0 Å². The topological polar surface area (TPSA) is 50.4 Å². The van der Waals surface area contributed by atoms with Crippen molar-refractivity contribution < 1.29 is 9.53 Å². The maximum atomic E-state index is 12.7. The van der Waals surface area contributed by atoms with Gasteiger partial charge in [0.2, 0.25) is 0 Å². The molecule has 0 aliphatic heterocycles. The molecule has 0 saturated heterocycles.